The number of aromatic nitrogens is 3. The van der Waals surface area contributed by atoms with Crippen LogP contribution in [-0.4, -0.2) is 26.0 Å². The first-order valence-corrected chi connectivity index (χ1v) is 9.15. The van der Waals surface area contributed by atoms with Gasteiger partial charge in [0.15, 0.2) is 10.9 Å². The average Bonchev–Trinajstić information content (AvgIpc) is 3.12. The molecule has 0 bridgehead atoms. The van der Waals surface area contributed by atoms with Crippen LogP contribution in [0.1, 0.15) is 28.5 Å². The predicted octanol–water partition coefficient (Wildman–Crippen LogP) is 5.02. The molecule has 1 atom stereocenters. The topological polar surface area (TPSA) is 61.5 Å². The molecule has 4 aromatic rings. The summed E-state index contributed by atoms with van der Waals surface area (Å²) in [5, 5.41) is 1.54. The van der Waals surface area contributed by atoms with E-state index in [0.29, 0.717) is 0 Å². The van der Waals surface area contributed by atoms with Gasteiger partial charge < -0.3 is 9.97 Å². The van der Waals surface area contributed by atoms with Crippen molar-refractivity contribution < 1.29 is 4.79 Å². The van der Waals surface area contributed by atoms with Crippen LogP contribution in [0.25, 0.3) is 21.9 Å². The summed E-state index contributed by atoms with van der Waals surface area (Å²) in [6.07, 6.45) is 0. The Balaban J connectivity index is 1.64. The number of H-pyrrole nitrogens is 2. The van der Waals surface area contributed by atoms with Crippen LogP contribution in [0.3, 0.4) is 0 Å². The molecule has 2 aromatic heterocycles. The van der Waals surface area contributed by atoms with Crippen LogP contribution in [0.15, 0.2) is 47.6 Å². The Bertz CT molecular complexity index is 1090. The van der Waals surface area contributed by atoms with Gasteiger partial charge in [-0.2, -0.15) is 0 Å². The lowest BCUT2D eigenvalue weighted by atomic mass is 10.1. The number of nitrogens with zero attached hydrogens (tertiary/aromatic N) is 1. The fraction of sp³-hybridized carbons (Fsp3) is 0.200. The summed E-state index contributed by atoms with van der Waals surface area (Å²) in [5.41, 5.74) is 5.81. The second-order valence-electron chi connectivity index (χ2n) is 6.36. The van der Waals surface area contributed by atoms with Crippen LogP contribution in [0.4, 0.5) is 0 Å². The lowest BCUT2D eigenvalue weighted by molar-refractivity contribution is 0.0995. The van der Waals surface area contributed by atoms with Crippen LogP contribution in [0.5, 0.6) is 0 Å². The lowest BCUT2D eigenvalue weighted by Crippen LogP contribution is -2.14. The molecule has 0 amide bonds. The van der Waals surface area contributed by atoms with E-state index in [-0.39, 0.29) is 11.0 Å². The Hall–Kier alpha value is -2.53. The van der Waals surface area contributed by atoms with Gasteiger partial charge >= 0.3 is 0 Å². The predicted molar refractivity (Wildman–Crippen MR) is 104 cm³/mol. The normalized spacial score (nSPS) is 12.8. The molecule has 2 N–H and O–H groups in total. The number of fused-ring (bicyclic) bond motifs is 2. The van der Waals surface area contributed by atoms with Gasteiger partial charge in [-0.1, -0.05) is 36.0 Å². The first-order valence-electron chi connectivity index (χ1n) is 8.27. The quantitative estimate of drug-likeness (QED) is 0.401. The van der Waals surface area contributed by atoms with Crippen molar-refractivity contribution in [1.29, 1.82) is 0 Å². The minimum absolute atomic E-state index is 0.122. The van der Waals surface area contributed by atoms with E-state index in [2.05, 4.69) is 27.9 Å². The van der Waals surface area contributed by atoms with Gasteiger partial charge in [-0.3, -0.25) is 4.79 Å². The maximum absolute atomic E-state index is 13.0. The largest absolute Gasteiger partial charge is 0.358 e. The molecule has 0 aliphatic rings. The summed E-state index contributed by atoms with van der Waals surface area (Å²) in [7, 11) is 0. The van der Waals surface area contributed by atoms with Crippen LogP contribution < -0.4 is 0 Å². The monoisotopic (exact) mass is 349 g/mol. The SMILES string of the molecule is Cc1ccc2nc(SC(C)C(=O)c3c(C)[nH]c4ccccc34)[nH]c2c1. The highest BCUT2D eigenvalue weighted by Gasteiger charge is 2.23. The van der Waals surface area contributed by atoms with Gasteiger partial charge in [0.05, 0.1) is 16.3 Å². The number of aryl methyl sites for hydroxylation is 2. The number of ketones is 1. The second-order valence-corrected chi connectivity index (χ2v) is 7.69. The fourth-order valence-electron chi connectivity index (χ4n) is 3.17. The third-order valence-electron chi connectivity index (χ3n) is 4.41. The summed E-state index contributed by atoms with van der Waals surface area (Å²) in [4.78, 5) is 24.2. The molecular formula is C20H19N3OS. The van der Waals surface area contributed by atoms with E-state index in [9.17, 15) is 4.79 Å². The summed E-state index contributed by atoms with van der Waals surface area (Å²) < 4.78 is 0. The van der Waals surface area contributed by atoms with Crippen molar-refractivity contribution in [2.24, 2.45) is 0 Å². The second kappa shape index (κ2) is 6.08. The molecule has 0 aliphatic carbocycles. The molecule has 0 spiro atoms. The molecule has 1 unspecified atom stereocenters. The molecule has 2 aromatic carbocycles. The molecule has 25 heavy (non-hydrogen) atoms. The summed E-state index contributed by atoms with van der Waals surface area (Å²) >= 11 is 1.47. The molecule has 4 rings (SSSR count). The highest BCUT2D eigenvalue weighted by Crippen LogP contribution is 2.29. The maximum Gasteiger partial charge on any atom is 0.178 e. The third kappa shape index (κ3) is 2.85. The first-order chi connectivity index (χ1) is 12.0. The lowest BCUT2D eigenvalue weighted by Gasteiger charge is -2.08. The number of carbonyl (C=O) groups excluding carboxylic acids is 1. The summed E-state index contributed by atoms with van der Waals surface area (Å²) in [6.45, 7) is 5.94. The molecule has 0 fully saturated rings. The van der Waals surface area contributed by atoms with E-state index in [4.69, 9.17) is 0 Å². The smallest absolute Gasteiger partial charge is 0.178 e. The minimum Gasteiger partial charge on any atom is -0.358 e. The van der Waals surface area contributed by atoms with Crippen LogP contribution in [0, 0.1) is 13.8 Å². The van der Waals surface area contributed by atoms with Gasteiger partial charge in [-0.15, -0.1) is 0 Å². The zero-order chi connectivity index (χ0) is 17.6. The maximum atomic E-state index is 13.0. The van der Waals surface area contributed by atoms with Crippen molar-refractivity contribution in [2.75, 3.05) is 0 Å². The Kier molecular flexibility index (Phi) is 3.88. The van der Waals surface area contributed by atoms with E-state index in [0.717, 1.165) is 38.4 Å². The van der Waals surface area contributed by atoms with Gasteiger partial charge in [0.2, 0.25) is 0 Å². The van der Waals surface area contributed by atoms with Crippen molar-refractivity contribution >= 4 is 39.5 Å². The third-order valence-corrected chi connectivity index (χ3v) is 5.40. The molecule has 126 valence electrons. The number of para-hydroxylation sites is 1. The van der Waals surface area contributed by atoms with Crippen LogP contribution >= 0.6 is 11.8 Å². The molecule has 0 aliphatic heterocycles. The number of imidazole rings is 1. The molecule has 0 saturated carbocycles. The molecule has 5 heteroatoms. The number of aromatic amines is 2. The highest BCUT2D eigenvalue weighted by atomic mass is 32.2. The van der Waals surface area contributed by atoms with E-state index in [1.807, 2.05) is 50.2 Å². The summed E-state index contributed by atoms with van der Waals surface area (Å²) in [6, 6.07) is 14.0. The summed E-state index contributed by atoms with van der Waals surface area (Å²) in [5.74, 6) is 0.122. The van der Waals surface area contributed by atoms with Gasteiger partial charge in [0.1, 0.15) is 0 Å². The van der Waals surface area contributed by atoms with Gasteiger partial charge in [-0.05, 0) is 44.5 Å². The molecule has 2 heterocycles. The van der Waals surface area contributed by atoms with Crippen LogP contribution in [0.2, 0.25) is 0 Å². The number of hydrogen-bond donors (Lipinski definition) is 2. The number of thioether (sulfide) groups is 1. The molecule has 0 saturated heterocycles. The minimum atomic E-state index is -0.223. The van der Waals surface area contributed by atoms with E-state index >= 15 is 0 Å². The first kappa shape index (κ1) is 16.0. The number of Topliss-reactive ketones (excluding diaryl/α,β-unsaturated/α-hetero) is 1. The van der Waals surface area contributed by atoms with Crippen molar-refractivity contribution in [1.82, 2.24) is 15.0 Å². The number of benzene rings is 2. The van der Waals surface area contributed by atoms with Crippen LogP contribution in [-0.2, 0) is 0 Å². The van der Waals surface area contributed by atoms with Crippen molar-refractivity contribution in [3.63, 3.8) is 0 Å². The highest BCUT2D eigenvalue weighted by molar-refractivity contribution is 8.00. The van der Waals surface area contributed by atoms with E-state index in [1.54, 1.807) is 0 Å². The Morgan fingerprint density at radius 1 is 1.08 bits per heavy atom. The number of nitrogens with one attached hydrogen (secondary N) is 2. The Labute approximate surface area is 150 Å². The number of hydrogen-bond acceptors (Lipinski definition) is 3. The number of rotatable bonds is 4. The molecule has 0 radical (unpaired) electrons. The van der Waals surface area contributed by atoms with Gasteiger partial charge in [-0.25, -0.2) is 4.98 Å². The average molecular weight is 349 g/mol. The van der Waals surface area contributed by atoms with Gasteiger partial charge in [0.25, 0.3) is 0 Å². The molecular weight excluding hydrogens is 330 g/mol. The Morgan fingerprint density at radius 3 is 2.72 bits per heavy atom. The molecule has 4 nitrogen and oxygen atoms in total. The fourth-order valence-corrected chi connectivity index (χ4v) is 4.05. The standard InChI is InChI=1S/C20H19N3OS/c1-11-8-9-16-17(10-11)23-20(22-16)25-13(3)19(24)18-12(2)21-15-7-5-4-6-14(15)18/h4-10,13,21H,1-3H3,(H,22,23). The van der Waals surface area contributed by atoms with Crippen molar-refractivity contribution in [2.45, 2.75) is 31.2 Å². The Morgan fingerprint density at radius 2 is 1.88 bits per heavy atom. The zero-order valence-electron chi connectivity index (χ0n) is 14.4. The van der Waals surface area contributed by atoms with E-state index < -0.39 is 0 Å². The number of carbonyl (C=O) groups is 1. The zero-order valence-corrected chi connectivity index (χ0v) is 15.2. The van der Waals surface area contributed by atoms with Crippen molar-refractivity contribution in [3.8, 4) is 0 Å². The van der Waals surface area contributed by atoms with Gasteiger partial charge in [0, 0.05) is 22.2 Å². The van der Waals surface area contributed by atoms with E-state index in [1.165, 1.54) is 17.3 Å². The van der Waals surface area contributed by atoms with Crippen molar-refractivity contribution in [3.05, 3.63) is 59.3 Å².